The Labute approximate surface area is 122 Å². The molecule has 0 aliphatic carbocycles. The van der Waals surface area contributed by atoms with E-state index in [0.717, 1.165) is 38.8 Å². The Bertz CT molecular complexity index is 293. The maximum atomic E-state index is 11.5. The van der Waals surface area contributed by atoms with Crippen LogP contribution in [0.25, 0.3) is 0 Å². The number of rotatable bonds is 7. The SMILES string of the molecule is CC(C)(C)OC(=O)CCCCOCC1(O)CCNCC1. The van der Waals surface area contributed by atoms with E-state index in [2.05, 4.69) is 5.32 Å². The zero-order valence-corrected chi connectivity index (χ0v) is 13.0. The predicted octanol–water partition coefficient (Wildman–Crippen LogP) is 1.63. The van der Waals surface area contributed by atoms with Gasteiger partial charge in [0.15, 0.2) is 0 Å². The van der Waals surface area contributed by atoms with Gasteiger partial charge in [-0.1, -0.05) is 0 Å². The van der Waals surface area contributed by atoms with Gasteiger partial charge in [0, 0.05) is 13.0 Å². The normalized spacial score (nSPS) is 18.8. The molecule has 0 amide bonds. The Hall–Kier alpha value is -0.650. The number of ether oxygens (including phenoxy) is 2. The Kier molecular flexibility index (Phi) is 6.92. The molecule has 0 aromatic heterocycles. The highest BCUT2D eigenvalue weighted by Crippen LogP contribution is 2.18. The Balaban J connectivity index is 2.01. The lowest BCUT2D eigenvalue weighted by molar-refractivity contribution is -0.155. The van der Waals surface area contributed by atoms with Crippen molar-refractivity contribution in [1.82, 2.24) is 5.32 Å². The van der Waals surface area contributed by atoms with E-state index in [1.807, 2.05) is 20.8 Å². The lowest BCUT2D eigenvalue weighted by atomic mass is 9.94. The van der Waals surface area contributed by atoms with Crippen LogP contribution in [0.3, 0.4) is 0 Å². The van der Waals surface area contributed by atoms with Gasteiger partial charge in [-0.25, -0.2) is 0 Å². The largest absolute Gasteiger partial charge is 0.460 e. The summed E-state index contributed by atoms with van der Waals surface area (Å²) in [6.07, 6.45) is 3.48. The summed E-state index contributed by atoms with van der Waals surface area (Å²) >= 11 is 0. The van der Waals surface area contributed by atoms with E-state index in [-0.39, 0.29) is 5.97 Å². The highest BCUT2D eigenvalue weighted by molar-refractivity contribution is 5.69. The van der Waals surface area contributed by atoms with Crippen LogP contribution >= 0.6 is 0 Å². The van der Waals surface area contributed by atoms with Gasteiger partial charge in [0.1, 0.15) is 5.60 Å². The van der Waals surface area contributed by atoms with Gasteiger partial charge >= 0.3 is 5.97 Å². The van der Waals surface area contributed by atoms with Gasteiger partial charge in [0.05, 0.1) is 12.2 Å². The number of esters is 1. The van der Waals surface area contributed by atoms with Gasteiger partial charge in [-0.15, -0.1) is 0 Å². The third-order valence-electron chi connectivity index (χ3n) is 3.24. The first-order valence-corrected chi connectivity index (χ1v) is 7.53. The van der Waals surface area contributed by atoms with Gasteiger partial charge in [0.25, 0.3) is 0 Å². The summed E-state index contributed by atoms with van der Waals surface area (Å²) in [5.74, 6) is -0.158. The minimum atomic E-state index is -0.670. The number of hydrogen-bond acceptors (Lipinski definition) is 5. The molecule has 1 saturated heterocycles. The molecule has 0 atom stereocenters. The first kappa shape index (κ1) is 17.4. The number of hydrogen-bond donors (Lipinski definition) is 2. The highest BCUT2D eigenvalue weighted by atomic mass is 16.6. The fourth-order valence-corrected chi connectivity index (χ4v) is 2.16. The molecule has 1 aliphatic heterocycles. The molecule has 0 saturated carbocycles. The van der Waals surface area contributed by atoms with E-state index in [1.54, 1.807) is 0 Å². The number of unbranched alkanes of at least 4 members (excludes halogenated alkanes) is 1. The summed E-state index contributed by atoms with van der Waals surface area (Å²) in [5, 5.41) is 13.4. The summed E-state index contributed by atoms with van der Waals surface area (Å²) in [7, 11) is 0. The molecule has 5 nitrogen and oxygen atoms in total. The fourth-order valence-electron chi connectivity index (χ4n) is 2.16. The van der Waals surface area contributed by atoms with Crippen molar-refractivity contribution in [1.29, 1.82) is 0 Å². The number of piperidine rings is 1. The van der Waals surface area contributed by atoms with Crippen LogP contribution in [-0.2, 0) is 14.3 Å². The standard InChI is InChI=1S/C15H29NO4/c1-14(2,3)20-13(17)6-4-5-11-19-12-15(18)7-9-16-10-8-15/h16,18H,4-12H2,1-3H3. The van der Waals surface area contributed by atoms with Crippen LogP contribution < -0.4 is 5.32 Å². The highest BCUT2D eigenvalue weighted by Gasteiger charge is 2.29. The third-order valence-corrected chi connectivity index (χ3v) is 3.24. The molecule has 1 aliphatic rings. The van der Waals surface area contributed by atoms with E-state index in [1.165, 1.54) is 0 Å². The Morgan fingerprint density at radius 3 is 2.50 bits per heavy atom. The second kappa shape index (κ2) is 7.96. The Morgan fingerprint density at radius 1 is 1.25 bits per heavy atom. The fraction of sp³-hybridized carbons (Fsp3) is 0.933. The molecule has 0 unspecified atom stereocenters. The van der Waals surface area contributed by atoms with Crippen molar-refractivity contribution in [2.45, 2.75) is 64.1 Å². The molecule has 0 aromatic carbocycles. The van der Waals surface area contributed by atoms with E-state index in [4.69, 9.17) is 9.47 Å². The molecule has 20 heavy (non-hydrogen) atoms. The molecule has 0 bridgehead atoms. The van der Waals surface area contributed by atoms with Crippen LogP contribution in [-0.4, -0.2) is 48.6 Å². The molecule has 118 valence electrons. The van der Waals surface area contributed by atoms with Crippen LogP contribution in [0.2, 0.25) is 0 Å². The molecule has 0 spiro atoms. The predicted molar refractivity (Wildman–Crippen MR) is 77.6 cm³/mol. The minimum absolute atomic E-state index is 0.158. The molecular weight excluding hydrogens is 258 g/mol. The second-order valence-corrected chi connectivity index (χ2v) is 6.57. The van der Waals surface area contributed by atoms with Gasteiger partial charge in [-0.05, 0) is 59.5 Å². The lowest BCUT2D eigenvalue weighted by Gasteiger charge is -2.32. The van der Waals surface area contributed by atoms with Crippen LogP contribution in [0.1, 0.15) is 52.9 Å². The van der Waals surface area contributed by atoms with Crippen molar-refractivity contribution in [2.24, 2.45) is 0 Å². The van der Waals surface area contributed by atoms with Gasteiger partial charge in [0.2, 0.25) is 0 Å². The van der Waals surface area contributed by atoms with Gasteiger partial charge in [-0.3, -0.25) is 4.79 Å². The maximum Gasteiger partial charge on any atom is 0.306 e. The lowest BCUT2D eigenvalue weighted by Crippen LogP contribution is -2.45. The van der Waals surface area contributed by atoms with E-state index in [0.29, 0.717) is 19.6 Å². The van der Waals surface area contributed by atoms with Crippen molar-refractivity contribution in [3.63, 3.8) is 0 Å². The van der Waals surface area contributed by atoms with Crippen molar-refractivity contribution >= 4 is 5.97 Å². The molecule has 0 aromatic rings. The Morgan fingerprint density at radius 2 is 1.90 bits per heavy atom. The number of aliphatic hydroxyl groups is 1. The molecule has 2 N–H and O–H groups in total. The number of nitrogens with one attached hydrogen (secondary N) is 1. The van der Waals surface area contributed by atoms with Crippen molar-refractivity contribution in [3.05, 3.63) is 0 Å². The van der Waals surface area contributed by atoms with Crippen molar-refractivity contribution in [3.8, 4) is 0 Å². The third kappa shape index (κ3) is 7.82. The summed E-state index contributed by atoms with van der Waals surface area (Å²) in [6, 6.07) is 0. The quantitative estimate of drug-likeness (QED) is 0.550. The molecular formula is C15H29NO4. The summed E-state index contributed by atoms with van der Waals surface area (Å²) in [6.45, 7) is 8.27. The van der Waals surface area contributed by atoms with E-state index < -0.39 is 11.2 Å². The molecule has 1 heterocycles. The monoisotopic (exact) mass is 287 g/mol. The second-order valence-electron chi connectivity index (χ2n) is 6.57. The minimum Gasteiger partial charge on any atom is -0.460 e. The molecule has 1 rings (SSSR count). The zero-order chi connectivity index (χ0) is 15.1. The summed E-state index contributed by atoms with van der Waals surface area (Å²) in [5.41, 5.74) is -1.08. The summed E-state index contributed by atoms with van der Waals surface area (Å²) in [4.78, 5) is 11.5. The van der Waals surface area contributed by atoms with E-state index >= 15 is 0 Å². The van der Waals surface area contributed by atoms with Crippen LogP contribution in [0.15, 0.2) is 0 Å². The topological polar surface area (TPSA) is 67.8 Å². The van der Waals surface area contributed by atoms with Crippen molar-refractivity contribution < 1.29 is 19.4 Å². The maximum absolute atomic E-state index is 11.5. The molecule has 1 fully saturated rings. The van der Waals surface area contributed by atoms with Gasteiger partial charge in [-0.2, -0.15) is 0 Å². The number of carbonyl (C=O) groups excluding carboxylic acids is 1. The summed E-state index contributed by atoms with van der Waals surface area (Å²) < 4.78 is 10.8. The van der Waals surface area contributed by atoms with Crippen LogP contribution in [0.5, 0.6) is 0 Å². The number of carbonyl (C=O) groups is 1. The smallest absolute Gasteiger partial charge is 0.306 e. The van der Waals surface area contributed by atoms with Crippen LogP contribution in [0, 0.1) is 0 Å². The zero-order valence-electron chi connectivity index (χ0n) is 13.0. The van der Waals surface area contributed by atoms with Crippen molar-refractivity contribution in [2.75, 3.05) is 26.3 Å². The van der Waals surface area contributed by atoms with Gasteiger partial charge < -0.3 is 19.9 Å². The first-order valence-electron chi connectivity index (χ1n) is 7.53. The van der Waals surface area contributed by atoms with E-state index in [9.17, 15) is 9.90 Å². The molecule has 0 radical (unpaired) electrons. The molecule has 5 heteroatoms. The average molecular weight is 287 g/mol. The van der Waals surface area contributed by atoms with Crippen LogP contribution in [0.4, 0.5) is 0 Å². The average Bonchev–Trinajstić information content (AvgIpc) is 2.32. The first-order chi connectivity index (χ1) is 9.31.